The van der Waals surface area contributed by atoms with Gasteiger partial charge in [0, 0.05) is 26.2 Å². The van der Waals surface area contributed by atoms with Gasteiger partial charge in [0.2, 0.25) is 11.8 Å². The molecule has 1 aromatic heterocycles. The lowest BCUT2D eigenvalue weighted by molar-refractivity contribution is -0.138. The Balaban J connectivity index is 1.98. The molecule has 2 rings (SSSR count). The van der Waals surface area contributed by atoms with E-state index in [9.17, 15) is 9.59 Å². The van der Waals surface area contributed by atoms with E-state index in [0.29, 0.717) is 19.0 Å². The van der Waals surface area contributed by atoms with E-state index in [2.05, 4.69) is 34.3 Å². The smallest absolute Gasteiger partial charge is 0.237 e. The molecule has 8 heteroatoms. The van der Waals surface area contributed by atoms with Crippen LogP contribution in [0.2, 0.25) is 0 Å². The van der Waals surface area contributed by atoms with E-state index >= 15 is 0 Å². The van der Waals surface area contributed by atoms with Crippen LogP contribution in [-0.2, 0) is 16.1 Å². The second kappa shape index (κ2) is 9.12. The molecule has 146 valence electrons. The molecule has 1 atom stereocenters. The highest BCUT2D eigenvalue weighted by atomic mass is 16.2. The molecule has 1 N–H and O–H groups in total. The van der Waals surface area contributed by atoms with Gasteiger partial charge < -0.3 is 14.8 Å². The van der Waals surface area contributed by atoms with Crippen LogP contribution in [0, 0.1) is 5.92 Å². The summed E-state index contributed by atoms with van der Waals surface area (Å²) in [7, 11) is 1.75. The van der Waals surface area contributed by atoms with Crippen molar-refractivity contribution < 1.29 is 9.59 Å². The van der Waals surface area contributed by atoms with Gasteiger partial charge in [0.15, 0.2) is 5.82 Å². The third kappa shape index (κ3) is 5.27. The van der Waals surface area contributed by atoms with Gasteiger partial charge in [-0.15, -0.1) is 10.2 Å². The lowest BCUT2D eigenvalue weighted by Crippen LogP contribution is -2.56. The molecule has 26 heavy (non-hydrogen) atoms. The standard InChI is InChI=1S/C18H32N6O2/c1-13(2)6-8-23-9-7-19-18(26)15(23)10-17(25)22(5)11-16-21-20-12-24(16)14(3)4/h12-15H,6-11H2,1-5H3,(H,19,26)/t15-/m1/s1. The van der Waals surface area contributed by atoms with E-state index in [1.54, 1.807) is 18.3 Å². The van der Waals surface area contributed by atoms with Gasteiger partial charge in [-0.3, -0.25) is 14.5 Å². The monoisotopic (exact) mass is 364 g/mol. The summed E-state index contributed by atoms with van der Waals surface area (Å²) in [5, 5.41) is 10.9. The summed E-state index contributed by atoms with van der Waals surface area (Å²) >= 11 is 0. The van der Waals surface area contributed by atoms with Crippen LogP contribution in [-0.4, -0.2) is 69.1 Å². The number of aromatic nitrogens is 3. The number of nitrogens with one attached hydrogen (secondary N) is 1. The number of rotatable bonds is 8. The minimum absolute atomic E-state index is 0.0490. The Labute approximate surface area is 155 Å². The van der Waals surface area contributed by atoms with E-state index in [4.69, 9.17) is 0 Å². The molecule has 1 aliphatic rings. The maximum Gasteiger partial charge on any atom is 0.237 e. The van der Waals surface area contributed by atoms with Gasteiger partial charge in [-0.25, -0.2) is 0 Å². The number of carbonyl (C=O) groups excluding carboxylic acids is 2. The summed E-state index contributed by atoms with van der Waals surface area (Å²) < 4.78 is 1.95. The second-order valence-electron chi connectivity index (χ2n) is 7.73. The van der Waals surface area contributed by atoms with Crippen molar-refractivity contribution in [1.82, 2.24) is 29.9 Å². The minimum Gasteiger partial charge on any atom is -0.353 e. The predicted octanol–water partition coefficient (Wildman–Crippen LogP) is 1.05. The fraction of sp³-hybridized carbons (Fsp3) is 0.778. The molecule has 0 aromatic carbocycles. The van der Waals surface area contributed by atoms with Gasteiger partial charge in [-0.2, -0.15) is 0 Å². The highest BCUT2D eigenvalue weighted by Crippen LogP contribution is 2.14. The lowest BCUT2D eigenvalue weighted by atomic mass is 10.0. The van der Waals surface area contributed by atoms with Gasteiger partial charge >= 0.3 is 0 Å². The summed E-state index contributed by atoms with van der Waals surface area (Å²) in [6.45, 7) is 11.1. The van der Waals surface area contributed by atoms with Gasteiger partial charge in [0.05, 0.1) is 19.0 Å². The Kier molecular flexibility index (Phi) is 7.14. The molecule has 2 heterocycles. The molecule has 0 aliphatic carbocycles. The quantitative estimate of drug-likeness (QED) is 0.746. The number of carbonyl (C=O) groups is 2. The van der Waals surface area contributed by atoms with Gasteiger partial charge in [0.1, 0.15) is 6.33 Å². The molecule has 0 bridgehead atoms. The molecule has 1 fully saturated rings. The van der Waals surface area contributed by atoms with Crippen LogP contribution in [0.15, 0.2) is 6.33 Å². The summed E-state index contributed by atoms with van der Waals surface area (Å²) in [6, 6.07) is -0.153. The first-order chi connectivity index (χ1) is 12.3. The molecule has 8 nitrogen and oxygen atoms in total. The Morgan fingerprint density at radius 3 is 2.77 bits per heavy atom. The second-order valence-corrected chi connectivity index (χ2v) is 7.73. The molecular weight excluding hydrogens is 332 g/mol. The first-order valence-corrected chi connectivity index (χ1v) is 9.43. The Hall–Kier alpha value is -1.96. The topological polar surface area (TPSA) is 83.4 Å². The van der Waals surface area contributed by atoms with E-state index in [1.807, 2.05) is 18.4 Å². The Morgan fingerprint density at radius 1 is 1.38 bits per heavy atom. The molecule has 0 spiro atoms. The van der Waals surface area contributed by atoms with Crippen LogP contribution >= 0.6 is 0 Å². The van der Waals surface area contributed by atoms with Crippen LogP contribution in [0.4, 0.5) is 0 Å². The summed E-state index contributed by atoms with van der Waals surface area (Å²) in [5.41, 5.74) is 0. The number of nitrogens with zero attached hydrogens (tertiary/aromatic N) is 5. The molecule has 0 radical (unpaired) electrons. The first kappa shape index (κ1) is 20.4. The molecule has 0 unspecified atom stereocenters. The zero-order valence-corrected chi connectivity index (χ0v) is 16.6. The van der Waals surface area contributed by atoms with Crippen molar-refractivity contribution in [2.24, 2.45) is 5.92 Å². The third-order valence-corrected chi connectivity index (χ3v) is 4.81. The van der Waals surface area contributed by atoms with Crippen LogP contribution < -0.4 is 5.32 Å². The van der Waals surface area contributed by atoms with Gasteiger partial charge in [0.25, 0.3) is 0 Å². The summed E-state index contributed by atoms with van der Waals surface area (Å²) in [4.78, 5) is 28.8. The minimum atomic E-state index is -0.389. The van der Waals surface area contributed by atoms with Crippen molar-refractivity contribution in [2.45, 2.75) is 59.2 Å². The van der Waals surface area contributed by atoms with Crippen LogP contribution in [0.5, 0.6) is 0 Å². The van der Waals surface area contributed by atoms with Crippen LogP contribution in [0.25, 0.3) is 0 Å². The van der Waals surface area contributed by atoms with Crippen molar-refractivity contribution in [3.63, 3.8) is 0 Å². The van der Waals surface area contributed by atoms with Crippen molar-refractivity contribution in [3.05, 3.63) is 12.2 Å². The fourth-order valence-corrected chi connectivity index (χ4v) is 3.11. The van der Waals surface area contributed by atoms with Crippen molar-refractivity contribution in [3.8, 4) is 0 Å². The molecule has 1 aromatic rings. The number of hydrogen-bond donors (Lipinski definition) is 1. The molecule has 1 aliphatic heterocycles. The van der Waals surface area contributed by atoms with Crippen molar-refractivity contribution in [2.75, 3.05) is 26.7 Å². The molecule has 2 amide bonds. The first-order valence-electron chi connectivity index (χ1n) is 9.43. The lowest BCUT2D eigenvalue weighted by Gasteiger charge is -2.35. The van der Waals surface area contributed by atoms with Crippen LogP contribution in [0.3, 0.4) is 0 Å². The third-order valence-electron chi connectivity index (χ3n) is 4.81. The zero-order chi connectivity index (χ0) is 19.3. The SMILES string of the molecule is CC(C)CCN1CCNC(=O)[C@H]1CC(=O)N(C)Cc1nncn1C(C)C. The maximum absolute atomic E-state index is 12.7. The largest absolute Gasteiger partial charge is 0.353 e. The molecule has 0 saturated carbocycles. The Morgan fingerprint density at radius 2 is 2.12 bits per heavy atom. The highest BCUT2D eigenvalue weighted by Gasteiger charge is 2.32. The average Bonchev–Trinajstić information content (AvgIpc) is 3.03. The van der Waals surface area contributed by atoms with E-state index in [-0.39, 0.29) is 30.3 Å². The van der Waals surface area contributed by atoms with E-state index in [1.165, 1.54) is 0 Å². The van der Waals surface area contributed by atoms with Crippen LogP contribution in [0.1, 0.15) is 52.4 Å². The summed E-state index contributed by atoms with van der Waals surface area (Å²) in [5.74, 6) is 1.22. The van der Waals surface area contributed by atoms with Gasteiger partial charge in [-0.1, -0.05) is 13.8 Å². The molecule has 1 saturated heterocycles. The van der Waals surface area contributed by atoms with E-state index in [0.717, 1.165) is 25.3 Å². The van der Waals surface area contributed by atoms with E-state index < -0.39 is 0 Å². The highest BCUT2D eigenvalue weighted by molar-refractivity contribution is 5.88. The maximum atomic E-state index is 12.7. The number of hydrogen-bond acceptors (Lipinski definition) is 5. The fourth-order valence-electron chi connectivity index (χ4n) is 3.11. The number of piperazine rings is 1. The Bertz CT molecular complexity index is 613. The summed E-state index contributed by atoms with van der Waals surface area (Å²) in [6.07, 6.45) is 2.89. The predicted molar refractivity (Wildman–Crippen MR) is 99.3 cm³/mol. The van der Waals surface area contributed by atoms with Crippen molar-refractivity contribution in [1.29, 1.82) is 0 Å². The normalized spacial score (nSPS) is 18.4. The number of amides is 2. The molecular formula is C18H32N6O2. The van der Waals surface area contributed by atoms with Gasteiger partial charge in [-0.05, 0) is 32.7 Å². The zero-order valence-electron chi connectivity index (χ0n) is 16.6. The van der Waals surface area contributed by atoms with Crippen molar-refractivity contribution >= 4 is 11.8 Å². The average molecular weight is 364 g/mol.